The molecule has 0 fully saturated rings. The van der Waals surface area contributed by atoms with Gasteiger partial charge in [0.2, 0.25) is 0 Å². The number of benzene rings is 2. The van der Waals surface area contributed by atoms with Gasteiger partial charge in [-0.15, -0.1) is 0 Å². The summed E-state index contributed by atoms with van der Waals surface area (Å²) in [6.07, 6.45) is 0.193. The molecule has 26 heavy (non-hydrogen) atoms. The predicted molar refractivity (Wildman–Crippen MR) is 91.2 cm³/mol. The third kappa shape index (κ3) is 3.44. The van der Waals surface area contributed by atoms with Crippen LogP contribution in [0.2, 0.25) is 0 Å². The van der Waals surface area contributed by atoms with E-state index in [9.17, 15) is 23.3 Å². The summed E-state index contributed by atoms with van der Waals surface area (Å²) in [5.41, 5.74) is -0.284. The Labute approximate surface area is 147 Å². The highest BCUT2D eigenvalue weighted by Crippen LogP contribution is 2.25. The fraction of sp³-hybridized carbons (Fsp3) is 0. The van der Waals surface area contributed by atoms with Crippen molar-refractivity contribution in [1.29, 1.82) is 0 Å². The van der Waals surface area contributed by atoms with Gasteiger partial charge in [0.15, 0.2) is 10.6 Å². The van der Waals surface area contributed by atoms with E-state index in [1.165, 1.54) is 24.4 Å². The molecule has 0 aliphatic rings. The average molecular weight is 373 g/mol. The van der Waals surface area contributed by atoms with E-state index in [2.05, 4.69) is 4.98 Å². The summed E-state index contributed by atoms with van der Waals surface area (Å²) in [5, 5.41) is 11.7. The number of hydrogen-bond acceptors (Lipinski definition) is 7. The molecule has 1 aromatic heterocycles. The SMILES string of the molecule is O=C(NS(=O)(=O)c1ccccc1[N+](=O)[O-])Oc1cccc2cccnc12. The number of aromatic nitrogens is 1. The number of nitrogens with zero attached hydrogens (tertiary/aromatic N) is 2. The third-order valence-corrected chi connectivity index (χ3v) is 4.73. The Morgan fingerprint density at radius 2 is 1.81 bits per heavy atom. The molecule has 0 saturated carbocycles. The molecule has 1 amide bonds. The maximum atomic E-state index is 12.3. The highest BCUT2D eigenvalue weighted by atomic mass is 32.2. The Kier molecular flexibility index (Phi) is 4.50. The van der Waals surface area contributed by atoms with Crippen LogP contribution in [0.4, 0.5) is 10.5 Å². The number of nitrogens with one attached hydrogen (secondary N) is 1. The number of fused-ring (bicyclic) bond motifs is 1. The van der Waals surface area contributed by atoms with Crippen LogP contribution in [0.5, 0.6) is 5.75 Å². The minimum absolute atomic E-state index is 0.0540. The van der Waals surface area contributed by atoms with E-state index in [0.29, 0.717) is 10.9 Å². The van der Waals surface area contributed by atoms with Crippen molar-refractivity contribution in [2.45, 2.75) is 4.90 Å². The zero-order valence-corrected chi connectivity index (χ0v) is 13.8. The van der Waals surface area contributed by atoms with Crippen LogP contribution in [0.15, 0.2) is 65.7 Å². The van der Waals surface area contributed by atoms with Gasteiger partial charge in [-0.05, 0) is 18.2 Å². The van der Waals surface area contributed by atoms with Gasteiger partial charge in [-0.1, -0.05) is 30.3 Å². The summed E-state index contributed by atoms with van der Waals surface area (Å²) in [4.78, 5) is 25.6. The Morgan fingerprint density at radius 3 is 2.58 bits per heavy atom. The third-order valence-electron chi connectivity index (χ3n) is 3.37. The summed E-state index contributed by atoms with van der Waals surface area (Å²) >= 11 is 0. The van der Waals surface area contributed by atoms with Gasteiger partial charge in [0.25, 0.3) is 15.7 Å². The normalized spacial score (nSPS) is 11.1. The lowest BCUT2D eigenvalue weighted by molar-refractivity contribution is -0.387. The molecule has 0 unspecified atom stereocenters. The van der Waals surface area contributed by atoms with Crippen LogP contribution in [0.25, 0.3) is 10.9 Å². The second kappa shape index (κ2) is 6.76. The maximum absolute atomic E-state index is 12.3. The first kappa shape index (κ1) is 17.3. The van der Waals surface area contributed by atoms with E-state index in [4.69, 9.17) is 4.74 Å². The van der Waals surface area contributed by atoms with Crippen molar-refractivity contribution in [2.24, 2.45) is 0 Å². The minimum Gasteiger partial charge on any atom is -0.407 e. The minimum atomic E-state index is -4.50. The van der Waals surface area contributed by atoms with Crippen LogP contribution in [0.3, 0.4) is 0 Å². The number of rotatable bonds is 4. The smallest absolute Gasteiger partial charge is 0.407 e. The fourth-order valence-corrected chi connectivity index (χ4v) is 3.33. The average Bonchev–Trinajstić information content (AvgIpc) is 2.61. The Morgan fingerprint density at radius 1 is 1.08 bits per heavy atom. The zero-order chi connectivity index (χ0) is 18.7. The first-order valence-corrected chi connectivity index (χ1v) is 8.68. The number of nitro benzene ring substituents is 1. The van der Waals surface area contributed by atoms with Crippen LogP contribution in [0.1, 0.15) is 0 Å². The molecule has 2 aromatic carbocycles. The van der Waals surface area contributed by atoms with Gasteiger partial charge in [0, 0.05) is 17.6 Å². The van der Waals surface area contributed by atoms with Crippen LogP contribution in [-0.4, -0.2) is 24.4 Å². The number of amides is 1. The quantitative estimate of drug-likeness (QED) is 0.550. The van der Waals surface area contributed by atoms with Gasteiger partial charge in [0.05, 0.1) is 4.92 Å². The van der Waals surface area contributed by atoms with Crippen molar-refractivity contribution in [3.63, 3.8) is 0 Å². The zero-order valence-electron chi connectivity index (χ0n) is 13.0. The molecule has 132 valence electrons. The number of ether oxygens (including phenoxy) is 1. The standard InChI is InChI=1S/C16H11N3O6S/c20-16(25-13-8-3-5-11-6-4-10-17-15(11)13)18-26(23,24)14-9-2-1-7-12(14)19(21)22/h1-10H,(H,18,20). The Bertz CT molecular complexity index is 1110. The monoisotopic (exact) mass is 373 g/mol. The highest BCUT2D eigenvalue weighted by molar-refractivity contribution is 7.90. The molecule has 0 saturated heterocycles. The molecule has 0 aliphatic heterocycles. The van der Waals surface area contributed by atoms with Crippen molar-refractivity contribution in [3.8, 4) is 5.75 Å². The van der Waals surface area contributed by atoms with Crippen molar-refractivity contribution in [2.75, 3.05) is 0 Å². The summed E-state index contributed by atoms with van der Waals surface area (Å²) in [7, 11) is -4.50. The number of carbonyl (C=O) groups is 1. The molecule has 0 atom stereocenters. The largest absolute Gasteiger partial charge is 0.426 e. The molecule has 1 heterocycles. The first-order valence-electron chi connectivity index (χ1n) is 7.20. The lowest BCUT2D eigenvalue weighted by atomic mass is 10.2. The van der Waals surface area contributed by atoms with Gasteiger partial charge in [-0.2, -0.15) is 0 Å². The van der Waals surface area contributed by atoms with Crippen LogP contribution in [-0.2, 0) is 10.0 Å². The molecule has 1 N–H and O–H groups in total. The lowest BCUT2D eigenvalue weighted by Gasteiger charge is -2.09. The molecule has 3 rings (SSSR count). The van der Waals surface area contributed by atoms with Crippen LogP contribution < -0.4 is 9.46 Å². The van der Waals surface area contributed by atoms with E-state index < -0.39 is 31.6 Å². The van der Waals surface area contributed by atoms with Gasteiger partial charge >= 0.3 is 6.09 Å². The highest BCUT2D eigenvalue weighted by Gasteiger charge is 2.27. The van der Waals surface area contributed by atoms with Crippen molar-refractivity contribution in [3.05, 3.63) is 70.9 Å². The summed E-state index contributed by atoms with van der Waals surface area (Å²) in [5.74, 6) is 0.0540. The molecular weight excluding hydrogens is 362 g/mol. The maximum Gasteiger partial charge on any atom is 0.426 e. The fourth-order valence-electron chi connectivity index (χ4n) is 2.28. The van der Waals surface area contributed by atoms with Crippen LogP contribution in [0, 0.1) is 10.1 Å². The molecule has 0 bridgehead atoms. The lowest BCUT2D eigenvalue weighted by Crippen LogP contribution is -2.33. The molecule has 10 heteroatoms. The van der Waals surface area contributed by atoms with Crippen LogP contribution >= 0.6 is 0 Å². The number of hydrogen-bond donors (Lipinski definition) is 1. The van der Waals surface area contributed by atoms with Gasteiger partial charge in [0.1, 0.15) is 5.52 Å². The summed E-state index contributed by atoms with van der Waals surface area (Å²) in [6.45, 7) is 0. The molecular formula is C16H11N3O6S. The molecule has 0 aliphatic carbocycles. The first-order chi connectivity index (χ1) is 12.4. The second-order valence-electron chi connectivity index (χ2n) is 5.05. The summed E-state index contributed by atoms with van der Waals surface area (Å²) in [6, 6.07) is 12.9. The van der Waals surface area contributed by atoms with Crippen molar-refractivity contribution in [1.82, 2.24) is 9.71 Å². The van der Waals surface area contributed by atoms with E-state index in [1.807, 2.05) is 0 Å². The van der Waals surface area contributed by atoms with Gasteiger partial charge in [-0.3, -0.25) is 15.1 Å². The Hall–Kier alpha value is -3.53. The van der Waals surface area contributed by atoms with Crippen molar-refractivity contribution >= 4 is 32.7 Å². The summed E-state index contributed by atoms with van der Waals surface area (Å²) < 4.78 is 31.3. The molecule has 0 radical (unpaired) electrons. The van der Waals surface area contributed by atoms with Gasteiger partial charge in [-0.25, -0.2) is 17.9 Å². The Balaban J connectivity index is 1.87. The topological polar surface area (TPSA) is 128 Å². The molecule has 9 nitrogen and oxygen atoms in total. The molecule has 3 aromatic rings. The van der Waals surface area contributed by atoms with E-state index >= 15 is 0 Å². The number of sulfonamides is 1. The van der Waals surface area contributed by atoms with E-state index in [1.54, 1.807) is 29.0 Å². The second-order valence-corrected chi connectivity index (χ2v) is 6.70. The number of nitro groups is 1. The van der Waals surface area contributed by atoms with E-state index in [-0.39, 0.29) is 5.75 Å². The number of carbonyl (C=O) groups excluding carboxylic acids is 1. The van der Waals surface area contributed by atoms with Gasteiger partial charge < -0.3 is 4.74 Å². The predicted octanol–water partition coefficient (Wildman–Crippen LogP) is 2.62. The number of para-hydroxylation sites is 2. The van der Waals surface area contributed by atoms with E-state index in [0.717, 1.165) is 12.1 Å². The van der Waals surface area contributed by atoms with Crippen molar-refractivity contribution < 1.29 is 22.9 Å². The molecule has 0 spiro atoms. The number of pyridine rings is 1.